The van der Waals surface area contributed by atoms with E-state index in [2.05, 4.69) is 34.6 Å². The molecule has 0 fully saturated rings. The molecule has 0 saturated heterocycles. The Morgan fingerprint density at radius 3 is 0.791 bits per heavy atom. The molecule has 0 aliphatic rings. The lowest BCUT2D eigenvalue weighted by Gasteiger charge is -2.21. The molecule has 19 heteroatoms. The minimum Gasteiger partial charge on any atom is -0.462 e. The van der Waals surface area contributed by atoms with Crippen LogP contribution in [0.25, 0.3) is 0 Å². The Labute approximate surface area is 524 Å². The van der Waals surface area contributed by atoms with Crippen molar-refractivity contribution in [1.29, 1.82) is 0 Å². The largest absolute Gasteiger partial charge is 0.472 e. The smallest absolute Gasteiger partial charge is 0.462 e. The lowest BCUT2D eigenvalue weighted by atomic mass is 10.0. The van der Waals surface area contributed by atoms with Gasteiger partial charge in [-0.25, -0.2) is 9.13 Å². The molecule has 0 amide bonds. The van der Waals surface area contributed by atoms with E-state index in [-0.39, 0.29) is 25.7 Å². The van der Waals surface area contributed by atoms with Gasteiger partial charge >= 0.3 is 39.5 Å². The van der Waals surface area contributed by atoms with Crippen molar-refractivity contribution >= 4 is 39.5 Å². The molecule has 0 rings (SSSR count). The SMILES string of the molecule is CCCCCCCCCCCCCCCCCCCC(=O)O[C@H](COC(=O)CCCCCCCCCCCCCC(C)C)COP(=O)(O)OC[C@@H](O)COP(=O)(O)OC[C@@H](COC(=O)CCCCCCC)OC(=O)CCCCCCCCCCCC. The molecule has 0 bridgehead atoms. The van der Waals surface area contributed by atoms with Crippen LogP contribution in [0.15, 0.2) is 0 Å². The summed E-state index contributed by atoms with van der Waals surface area (Å²) in [5.74, 6) is -1.37. The van der Waals surface area contributed by atoms with Gasteiger partial charge in [-0.05, 0) is 31.6 Å². The Bertz CT molecular complexity index is 1670. The van der Waals surface area contributed by atoms with Gasteiger partial charge in [0.25, 0.3) is 0 Å². The molecule has 3 N–H and O–H groups in total. The molecule has 0 aliphatic heterocycles. The summed E-state index contributed by atoms with van der Waals surface area (Å²) in [6.07, 6.45) is 46.2. The van der Waals surface area contributed by atoms with Crippen molar-refractivity contribution in [2.45, 2.75) is 361 Å². The standard InChI is InChI=1S/C67H130O17P2/c1-6-9-12-15-17-19-21-22-23-24-25-26-29-34-38-43-48-53-67(72)84-63(57-78-65(70)51-46-41-36-33-30-27-28-31-35-40-44-49-60(4)5)59-82-86(75,76)80-55-61(68)54-79-85(73,74)81-58-62(56-77-64(69)50-45-39-14-11-8-3)83-66(71)52-47-42-37-32-20-18-16-13-10-7-2/h60-63,68H,6-59H2,1-5H3,(H,73,74)(H,75,76)/t61-,62+,63+/m0/s1. The highest BCUT2D eigenvalue weighted by atomic mass is 31.2. The van der Waals surface area contributed by atoms with Crippen molar-refractivity contribution in [3.05, 3.63) is 0 Å². The van der Waals surface area contributed by atoms with Crippen molar-refractivity contribution in [3.8, 4) is 0 Å². The van der Waals surface area contributed by atoms with Crippen molar-refractivity contribution in [3.63, 3.8) is 0 Å². The molecule has 0 aromatic rings. The van der Waals surface area contributed by atoms with E-state index in [0.717, 1.165) is 102 Å². The van der Waals surface area contributed by atoms with Crippen molar-refractivity contribution in [1.82, 2.24) is 0 Å². The van der Waals surface area contributed by atoms with E-state index in [1.807, 2.05) is 0 Å². The van der Waals surface area contributed by atoms with Crippen LogP contribution < -0.4 is 0 Å². The number of carbonyl (C=O) groups is 4. The van der Waals surface area contributed by atoms with Gasteiger partial charge in [-0.15, -0.1) is 0 Å². The van der Waals surface area contributed by atoms with Gasteiger partial charge < -0.3 is 33.8 Å². The highest BCUT2D eigenvalue weighted by Gasteiger charge is 2.30. The third kappa shape index (κ3) is 60.9. The Hall–Kier alpha value is -1.94. The molecule has 0 spiro atoms. The summed E-state index contributed by atoms with van der Waals surface area (Å²) in [4.78, 5) is 72.1. The fourth-order valence-corrected chi connectivity index (χ4v) is 11.7. The molecule has 86 heavy (non-hydrogen) atoms. The van der Waals surface area contributed by atoms with Crippen LogP contribution in [-0.4, -0.2) is 96.7 Å². The predicted molar refractivity (Wildman–Crippen MR) is 345 cm³/mol. The number of hydrogen-bond acceptors (Lipinski definition) is 15. The Morgan fingerprint density at radius 2 is 0.535 bits per heavy atom. The van der Waals surface area contributed by atoms with Gasteiger partial charge in [0.1, 0.15) is 19.3 Å². The first-order chi connectivity index (χ1) is 41.5. The van der Waals surface area contributed by atoms with Gasteiger partial charge in [0.05, 0.1) is 26.4 Å². The zero-order chi connectivity index (χ0) is 63.5. The second-order valence-electron chi connectivity index (χ2n) is 24.7. The summed E-state index contributed by atoms with van der Waals surface area (Å²) in [5, 5.41) is 10.5. The maximum Gasteiger partial charge on any atom is 0.472 e. The number of phosphoric acid groups is 2. The Morgan fingerprint density at radius 1 is 0.314 bits per heavy atom. The maximum absolute atomic E-state index is 13.0. The number of unbranched alkanes of at least 4 members (excludes halogenated alkanes) is 39. The van der Waals surface area contributed by atoms with Crippen molar-refractivity contribution in [2.75, 3.05) is 39.6 Å². The van der Waals surface area contributed by atoms with E-state index in [1.54, 1.807) is 0 Å². The van der Waals surface area contributed by atoms with Crippen LogP contribution in [0, 0.1) is 5.92 Å². The summed E-state index contributed by atoms with van der Waals surface area (Å²) >= 11 is 0. The van der Waals surface area contributed by atoms with Crippen molar-refractivity contribution < 1.29 is 80.2 Å². The van der Waals surface area contributed by atoms with Crippen LogP contribution >= 0.6 is 15.6 Å². The molecule has 0 aliphatic carbocycles. The molecule has 0 radical (unpaired) electrons. The number of hydrogen-bond donors (Lipinski definition) is 3. The maximum atomic E-state index is 13.0. The van der Waals surface area contributed by atoms with Crippen LogP contribution in [0.5, 0.6) is 0 Å². The van der Waals surface area contributed by atoms with Crippen LogP contribution in [0.2, 0.25) is 0 Å². The first kappa shape index (κ1) is 84.1. The molecular weight excluding hydrogens is 1140 g/mol. The monoisotopic (exact) mass is 1270 g/mol. The average Bonchev–Trinajstić information content (AvgIpc) is 3.64. The van der Waals surface area contributed by atoms with Crippen LogP contribution in [-0.2, 0) is 65.4 Å². The predicted octanol–water partition coefficient (Wildman–Crippen LogP) is 19.0. The van der Waals surface area contributed by atoms with Gasteiger partial charge in [0, 0.05) is 25.7 Å². The molecule has 510 valence electrons. The van der Waals surface area contributed by atoms with Crippen LogP contribution in [0.4, 0.5) is 0 Å². The lowest BCUT2D eigenvalue weighted by molar-refractivity contribution is -0.161. The number of esters is 4. The van der Waals surface area contributed by atoms with E-state index < -0.39 is 97.5 Å². The number of phosphoric ester groups is 2. The van der Waals surface area contributed by atoms with Gasteiger partial charge in [-0.1, -0.05) is 291 Å². The molecule has 5 atom stereocenters. The molecule has 17 nitrogen and oxygen atoms in total. The number of ether oxygens (including phenoxy) is 4. The Balaban J connectivity index is 5.16. The summed E-state index contributed by atoms with van der Waals surface area (Å²) < 4.78 is 67.9. The fraction of sp³-hybridized carbons (Fsp3) is 0.940. The van der Waals surface area contributed by atoms with Gasteiger partial charge in [0.2, 0.25) is 0 Å². The molecule has 0 aromatic carbocycles. The second kappa shape index (κ2) is 60.6. The molecular formula is C67H130O17P2. The highest BCUT2D eigenvalue weighted by molar-refractivity contribution is 7.47. The third-order valence-corrected chi connectivity index (χ3v) is 17.4. The van der Waals surface area contributed by atoms with E-state index in [4.69, 9.17) is 37.0 Å². The quantitative estimate of drug-likeness (QED) is 0.0222. The number of carbonyl (C=O) groups excluding carboxylic acids is 4. The van der Waals surface area contributed by atoms with Crippen LogP contribution in [0.1, 0.15) is 343 Å². The number of aliphatic hydroxyl groups excluding tert-OH is 1. The summed E-state index contributed by atoms with van der Waals surface area (Å²) in [6, 6.07) is 0. The average molecular weight is 1270 g/mol. The second-order valence-corrected chi connectivity index (χ2v) is 27.6. The first-order valence-corrected chi connectivity index (χ1v) is 38.1. The van der Waals surface area contributed by atoms with Gasteiger partial charge in [0.15, 0.2) is 12.2 Å². The summed E-state index contributed by atoms with van der Waals surface area (Å²) in [7, 11) is -9.88. The normalized spacial score (nSPS) is 14.2. The van der Waals surface area contributed by atoms with Crippen molar-refractivity contribution in [2.24, 2.45) is 5.92 Å². The minimum absolute atomic E-state index is 0.106. The van der Waals surface area contributed by atoms with E-state index >= 15 is 0 Å². The molecule has 2 unspecified atom stereocenters. The van der Waals surface area contributed by atoms with Gasteiger partial charge in [-0.3, -0.25) is 37.3 Å². The van der Waals surface area contributed by atoms with E-state index in [9.17, 15) is 43.2 Å². The topological polar surface area (TPSA) is 237 Å². The third-order valence-electron chi connectivity index (χ3n) is 15.5. The van der Waals surface area contributed by atoms with E-state index in [1.165, 1.54) is 161 Å². The number of rotatable bonds is 67. The number of aliphatic hydroxyl groups is 1. The molecule has 0 saturated carbocycles. The fourth-order valence-electron chi connectivity index (χ4n) is 10.1. The summed E-state index contributed by atoms with van der Waals surface area (Å²) in [5.41, 5.74) is 0. The molecule has 0 aromatic heterocycles. The Kier molecular flexibility index (Phi) is 59.2. The lowest BCUT2D eigenvalue weighted by Crippen LogP contribution is -2.30. The zero-order valence-electron chi connectivity index (χ0n) is 55.4. The molecule has 0 heterocycles. The van der Waals surface area contributed by atoms with Crippen LogP contribution in [0.3, 0.4) is 0 Å². The zero-order valence-corrected chi connectivity index (χ0v) is 57.2. The van der Waals surface area contributed by atoms with Gasteiger partial charge in [-0.2, -0.15) is 0 Å². The highest BCUT2D eigenvalue weighted by Crippen LogP contribution is 2.45. The summed E-state index contributed by atoms with van der Waals surface area (Å²) in [6.45, 7) is 7.13. The van der Waals surface area contributed by atoms with E-state index in [0.29, 0.717) is 25.7 Å². The minimum atomic E-state index is -4.95. The first-order valence-electron chi connectivity index (χ1n) is 35.1.